The van der Waals surface area contributed by atoms with Gasteiger partial charge < -0.3 is 10.7 Å². The highest BCUT2D eigenvalue weighted by Crippen LogP contribution is 2.35. The number of nitrogens with zero attached hydrogens (tertiary/aromatic N) is 1. The first-order valence-corrected chi connectivity index (χ1v) is 6.73. The van der Waals surface area contributed by atoms with Crippen molar-refractivity contribution in [1.82, 2.24) is 5.32 Å². The fraction of sp³-hybridized carbons (Fsp3) is 0.462. The first kappa shape index (κ1) is 15.2. The monoisotopic (exact) mass is 296 g/mol. The van der Waals surface area contributed by atoms with Crippen LogP contribution in [0.5, 0.6) is 0 Å². The molecular weight excluding hydrogens is 279 g/mol. The number of rotatable bonds is 6. The predicted molar refractivity (Wildman–Crippen MR) is 75.1 cm³/mol. The third-order valence-electron chi connectivity index (χ3n) is 3.58. The average molecular weight is 296 g/mol. The molecular formula is C13H17FN4O3. The van der Waals surface area contributed by atoms with E-state index in [2.05, 4.69) is 17.7 Å². The molecule has 0 radical (unpaired) electrons. The highest BCUT2D eigenvalue weighted by Gasteiger charge is 2.38. The Labute approximate surface area is 120 Å². The SMILES string of the molecule is CCCC1CC1NC(=O)c1cc(NN)c(F)cc1[N+](=O)[O-]. The number of nitro groups is 1. The second-order valence-corrected chi connectivity index (χ2v) is 5.12. The molecule has 0 saturated heterocycles. The minimum Gasteiger partial charge on any atom is -0.349 e. The molecule has 0 aliphatic heterocycles. The number of carbonyl (C=O) groups excluding carboxylic acids is 1. The van der Waals surface area contributed by atoms with Gasteiger partial charge in [0.2, 0.25) is 0 Å². The van der Waals surface area contributed by atoms with Gasteiger partial charge in [-0.05, 0) is 24.8 Å². The quantitative estimate of drug-likeness (QED) is 0.422. The first-order valence-electron chi connectivity index (χ1n) is 6.73. The lowest BCUT2D eigenvalue weighted by molar-refractivity contribution is -0.385. The molecule has 0 bridgehead atoms. The van der Waals surface area contributed by atoms with E-state index >= 15 is 0 Å². The van der Waals surface area contributed by atoms with Crippen molar-refractivity contribution in [3.63, 3.8) is 0 Å². The number of halogens is 1. The third kappa shape index (κ3) is 3.27. The molecule has 1 saturated carbocycles. The van der Waals surface area contributed by atoms with E-state index in [1.165, 1.54) is 0 Å². The normalized spacial score (nSPS) is 20.0. The maximum absolute atomic E-state index is 13.5. The molecule has 0 aromatic heterocycles. The summed E-state index contributed by atoms with van der Waals surface area (Å²) < 4.78 is 13.5. The van der Waals surface area contributed by atoms with Crippen molar-refractivity contribution in [3.8, 4) is 0 Å². The van der Waals surface area contributed by atoms with E-state index in [0.717, 1.165) is 25.3 Å². The van der Waals surface area contributed by atoms with Gasteiger partial charge in [0.25, 0.3) is 11.6 Å². The minimum absolute atomic E-state index is 0.0383. The van der Waals surface area contributed by atoms with Gasteiger partial charge in [-0.2, -0.15) is 0 Å². The van der Waals surface area contributed by atoms with E-state index in [1.807, 2.05) is 0 Å². The molecule has 4 N–H and O–H groups in total. The fourth-order valence-electron chi connectivity index (χ4n) is 2.37. The van der Waals surface area contributed by atoms with Crippen LogP contribution < -0.4 is 16.6 Å². The van der Waals surface area contributed by atoms with Gasteiger partial charge in [-0.1, -0.05) is 13.3 Å². The van der Waals surface area contributed by atoms with E-state index in [0.29, 0.717) is 12.0 Å². The van der Waals surface area contributed by atoms with E-state index in [-0.39, 0.29) is 17.3 Å². The van der Waals surface area contributed by atoms with E-state index < -0.39 is 22.3 Å². The maximum Gasteiger partial charge on any atom is 0.285 e. The topological polar surface area (TPSA) is 110 Å². The van der Waals surface area contributed by atoms with Crippen LogP contribution in [0.1, 0.15) is 36.5 Å². The molecule has 21 heavy (non-hydrogen) atoms. The lowest BCUT2D eigenvalue weighted by Crippen LogP contribution is -2.28. The van der Waals surface area contributed by atoms with Crippen molar-refractivity contribution in [2.75, 3.05) is 5.43 Å². The summed E-state index contributed by atoms with van der Waals surface area (Å²) in [6.07, 6.45) is 2.90. The molecule has 2 rings (SSSR count). The van der Waals surface area contributed by atoms with Gasteiger partial charge in [0.1, 0.15) is 5.56 Å². The van der Waals surface area contributed by atoms with Gasteiger partial charge in [0, 0.05) is 6.04 Å². The zero-order valence-electron chi connectivity index (χ0n) is 11.6. The zero-order chi connectivity index (χ0) is 15.6. The minimum atomic E-state index is -0.879. The summed E-state index contributed by atoms with van der Waals surface area (Å²) >= 11 is 0. The largest absolute Gasteiger partial charge is 0.349 e. The summed E-state index contributed by atoms with van der Waals surface area (Å²) in [6.45, 7) is 2.06. The molecule has 1 aliphatic rings. The van der Waals surface area contributed by atoms with Crippen molar-refractivity contribution in [2.45, 2.75) is 32.2 Å². The molecule has 114 valence electrons. The summed E-state index contributed by atoms with van der Waals surface area (Å²) in [7, 11) is 0. The van der Waals surface area contributed by atoms with Crippen LogP contribution in [-0.2, 0) is 0 Å². The number of nitrogens with one attached hydrogen (secondary N) is 2. The molecule has 1 aliphatic carbocycles. The van der Waals surface area contributed by atoms with Crippen LogP contribution in [0.15, 0.2) is 12.1 Å². The Hall–Kier alpha value is -2.22. The lowest BCUT2D eigenvalue weighted by Gasteiger charge is -2.08. The first-order chi connectivity index (χ1) is 9.97. The number of hydrogen-bond donors (Lipinski definition) is 3. The molecule has 0 spiro atoms. The summed E-state index contributed by atoms with van der Waals surface area (Å²) in [4.78, 5) is 22.3. The highest BCUT2D eigenvalue weighted by atomic mass is 19.1. The van der Waals surface area contributed by atoms with Gasteiger partial charge in [-0.25, -0.2) is 4.39 Å². The van der Waals surface area contributed by atoms with Gasteiger partial charge >= 0.3 is 0 Å². The molecule has 1 aromatic carbocycles. The van der Waals surface area contributed by atoms with Gasteiger partial charge in [-0.15, -0.1) is 0 Å². The number of nitro benzene ring substituents is 1. The van der Waals surface area contributed by atoms with Crippen molar-refractivity contribution >= 4 is 17.3 Å². The second-order valence-electron chi connectivity index (χ2n) is 5.12. The Kier molecular flexibility index (Phi) is 4.37. The predicted octanol–water partition coefficient (Wildman–Crippen LogP) is 1.94. The van der Waals surface area contributed by atoms with Gasteiger partial charge in [-0.3, -0.25) is 20.8 Å². The van der Waals surface area contributed by atoms with E-state index in [4.69, 9.17) is 5.84 Å². The summed E-state index contributed by atoms with van der Waals surface area (Å²) in [5, 5.41) is 13.7. The Bertz CT molecular complexity index is 579. The number of benzene rings is 1. The number of anilines is 1. The van der Waals surface area contributed by atoms with Gasteiger partial charge in [0.05, 0.1) is 16.7 Å². The zero-order valence-corrected chi connectivity index (χ0v) is 11.6. The fourth-order valence-corrected chi connectivity index (χ4v) is 2.37. The molecule has 1 amide bonds. The Morgan fingerprint density at radius 2 is 2.29 bits per heavy atom. The molecule has 1 fully saturated rings. The van der Waals surface area contributed by atoms with E-state index in [1.54, 1.807) is 0 Å². The molecule has 8 heteroatoms. The molecule has 2 atom stereocenters. The molecule has 7 nitrogen and oxygen atoms in total. The van der Waals surface area contributed by atoms with Gasteiger partial charge in [0.15, 0.2) is 5.82 Å². The van der Waals surface area contributed by atoms with Crippen LogP contribution in [0.25, 0.3) is 0 Å². The molecule has 0 heterocycles. The van der Waals surface area contributed by atoms with Crippen molar-refractivity contribution in [3.05, 3.63) is 33.6 Å². The number of carbonyl (C=O) groups is 1. The Morgan fingerprint density at radius 3 is 2.86 bits per heavy atom. The highest BCUT2D eigenvalue weighted by molar-refractivity contribution is 5.99. The summed E-state index contributed by atoms with van der Waals surface area (Å²) in [5.74, 6) is 4.09. The molecule has 1 aromatic rings. The number of nitrogens with two attached hydrogens (primary N) is 1. The third-order valence-corrected chi connectivity index (χ3v) is 3.58. The Balaban J connectivity index is 2.21. The maximum atomic E-state index is 13.5. The smallest absolute Gasteiger partial charge is 0.285 e. The lowest BCUT2D eigenvalue weighted by atomic mass is 10.1. The number of hydrazine groups is 1. The number of hydrogen-bond acceptors (Lipinski definition) is 5. The Morgan fingerprint density at radius 1 is 1.57 bits per heavy atom. The summed E-state index contributed by atoms with van der Waals surface area (Å²) in [5.41, 5.74) is 1.15. The van der Waals surface area contributed by atoms with Crippen LogP contribution in [0.3, 0.4) is 0 Å². The number of nitrogen functional groups attached to an aromatic ring is 1. The molecule has 2 unspecified atom stereocenters. The van der Waals surface area contributed by atoms with Crippen molar-refractivity contribution in [2.24, 2.45) is 11.8 Å². The van der Waals surface area contributed by atoms with Crippen LogP contribution in [0.4, 0.5) is 15.8 Å². The summed E-state index contributed by atoms with van der Waals surface area (Å²) in [6, 6.07) is 1.79. The standard InChI is InChI=1S/C13H17FN4O3/c1-2-3-7-4-10(7)16-13(19)8-5-11(17-15)9(14)6-12(8)18(20)21/h5-7,10,17H,2-4,15H2,1H3,(H,16,19). The van der Waals surface area contributed by atoms with Crippen LogP contribution in [0.2, 0.25) is 0 Å². The van der Waals surface area contributed by atoms with Crippen LogP contribution >= 0.6 is 0 Å². The second kappa shape index (κ2) is 6.04. The number of amides is 1. The van der Waals surface area contributed by atoms with Crippen molar-refractivity contribution < 1.29 is 14.1 Å². The van der Waals surface area contributed by atoms with Crippen LogP contribution in [0, 0.1) is 21.8 Å². The van der Waals surface area contributed by atoms with Crippen LogP contribution in [-0.4, -0.2) is 16.9 Å². The van der Waals surface area contributed by atoms with Crippen molar-refractivity contribution in [1.29, 1.82) is 0 Å². The average Bonchev–Trinajstić information content (AvgIpc) is 3.16. The van der Waals surface area contributed by atoms with E-state index in [9.17, 15) is 19.3 Å².